The smallest absolute Gasteiger partial charge is 0.141 e. The summed E-state index contributed by atoms with van der Waals surface area (Å²) in [5, 5.41) is 7.77. The van der Waals surface area contributed by atoms with Gasteiger partial charge in [0.25, 0.3) is 0 Å². The Bertz CT molecular complexity index is 349. The van der Waals surface area contributed by atoms with Crippen LogP contribution in [-0.2, 0) is 13.1 Å². The second-order valence-electron chi connectivity index (χ2n) is 4.96. The fourth-order valence-corrected chi connectivity index (χ4v) is 2.64. The monoisotopic (exact) mass is 251 g/mol. The maximum absolute atomic E-state index is 4.37. The molecule has 0 bridgehead atoms. The molecule has 0 radical (unpaired) electrons. The van der Waals surface area contributed by atoms with Crippen molar-refractivity contribution in [2.75, 3.05) is 19.6 Å². The molecule has 2 heterocycles. The lowest BCUT2D eigenvalue weighted by Crippen LogP contribution is -2.38. The van der Waals surface area contributed by atoms with Gasteiger partial charge in [0.15, 0.2) is 0 Å². The van der Waals surface area contributed by atoms with Gasteiger partial charge in [-0.15, -0.1) is 0 Å². The lowest BCUT2D eigenvalue weighted by molar-refractivity contribution is 0.229. The van der Waals surface area contributed by atoms with E-state index >= 15 is 0 Å². The second kappa shape index (κ2) is 6.85. The summed E-state index contributed by atoms with van der Waals surface area (Å²) < 4.78 is 1.99. The highest BCUT2D eigenvalue weighted by atomic mass is 15.4. The summed E-state index contributed by atoms with van der Waals surface area (Å²) in [6, 6.07) is 0.665. The maximum atomic E-state index is 4.37. The Hall–Kier alpha value is -0.940. The van der Waals surface area contributed by atoms with Crippen LogP contribution in [0.5, 0.6) is 0 Å². The van der Waals surface area contributed by atoms with Crippen molar-refractivity contribution in [1.82, 2.24) is 25.0 Å². The molecule has 5 heteroatoms. The molecule has 0 spiro atoms. The second-order valence-corrected chi connectivity index (χ2v) is 4.96. The van der Waals surface area contributed by atoms with Gasteiger partial charge in [-0.25, -0.2) is 9.67 Å². The minimum atomic E-state index is 0.665. The van der Waals surface area contributed by atoms with Gasteiger partial charge < -0.3 is 5.32 Å². The average molecular weight is 251 g/mol. The maximum Gasteiger partial charge on any atom is 0.141 e. The number of nitrogens with zero attached hydrogens (tertiary/aromatic N) is 4. The van der Waals surface area contributed by atoms with Crippen molar-refractivity contribution in [3.05, 3.63) is 12.2 Å². The third kappa shape index (κ3) is 3.29. The average Bonchev–Trinajstić information content (AvgIpc) is 3.00. The van der Waals surface area contributed by atoms with Crippen molar-refractivity contribution in [3.63, 3.8) is 0 Å². The summed E-state index contributed by atoms with van der Waals surface area (Å²) >= 11 is 0. The van der Waals surface area contributed by atoms with Gasteiger partial charge in [0.1, 0.15) is 12.2 Å². The third-order valence-electron chi connectivity index (χ3n) is 3.65. The molecule has 0 saturated carbocycles. The number of likely N-dealkylation sites (tertiary alicyclic amines) is 1. The van der Waals surface area contributed by atoms with Crippen LogP contribution in [0.1, 0.15) is 38.9 Å². The predicted octanol–water partition coefficient (Wildman–Crippen LogP) is 1.26. The summed E-state index contributed by atoms with van der Waals surface area (Å²) in [6.07, 6.45) is 5.48. The van der Waals surface area contributed by atoms with Crippen LogP contribution in [0.2, 0.25) is 0 Å². The molecule has 18 heavy (non-hydrogen) atoms. The zero-order chi connectivity index (χ0) is 12.8. The number of rotatable bonds is 7. The molecule has 2 rings (SSSR count). The quantitative estimate of drug-likeness (QED) is 0.741. The highest BCUT2D eigenvalue weighted by Crippen LogP contribution is 2.18. The van der Waals surface area contributed by atoms with Crippen LogP contribution in [-0.4, -0.2) is 45.3 Å². The Morgan fingerprint density at radius 1 is 1.44 bits per heavy atom. The first-order valence-electron chi connectivity index (χ1n) is 7.16. The van der Waals surface area contributed by atoms with Crippen molar-refractivity contribution in [3.8, 4) is 0 Å². The van der Waals surface area contributed by atoms with Crippen LogP contribution >= 0.6 is 0 Å². The van der Waals surface area contributed by atoms with Gasteiger partial charge in [0.05, 0.1) is 6.54 Å². The van der Waals surface area contributed by atoms with E-state index in [9.17, 15) is 0 Å². The van der Waals surface area contributed by atoms with E-state index in [-0.39, 0.29) is 0 Å². The standard InChI is InChI=1S/C13H25N5/c1-3-7-14-9-12-6-5-8-17(12)10-13-15-11-16-18(13)4-2/h11-12,14H,3-10H2,1-2H3. The van der Waals surface area contributed by atoms with Gasteiger partial charge in [-0.3, -0.25) is 4.90 Å². The summed E-state index contributed by atoms with van der Waals surface area (Å²) in [5.74, 6) is 1.10. The molecular weight excluding hydrogens is 226 g/mol. The van der Waals surface area contributed by atoms with Crippen molar-refractivity contribution in [1.29, 1.82) is 0 Å². The van der Waals surface area contributed by atoms with E-state index in [1.54, 1.807) is 6.33 Å². The SMILES string of the molecule is CCCNCC1CCCN1Cc1ncnn1CC. The van der Waals surface area contributed by atoms with Crippen molar-refractivity contribution in [2.24, 2.45) is 0 Å². The number of hydrogen-bond acceptors (Lipinski definition) is 4. The van der Waals surface area contributed by atoms with Crippen LogP contribution in [0.3, 0.4) is 0 Å². The Morgan fingerprint density at radius 2 is 2.33 bits per heavy atom. The molecule has 1 aliphatic heterocycles. The zero-order valence-electron chi connectivity index (χ0n) is 11.6. The molecule has 1 aromatic heterocycles. The number of aromatic nitrogens is 3. The van der Waals surface area contributed by atoms with Crippen LogP contribution in [0, 0.1) is 0 Å². The van der Waals surface area contributed by atoms with E-state index in [1.165, 1.54) is 25.8 Å². The molecular formula is C13H25N5. The normalized spacial score (nSPS) is 20.7. The van der Waals surface area contributed by atoms with Gasteiger partial charge in [-0.1, -0.05) is 6.92 Å². The fourth-order valence-electron chi connectivity index (χ4n) is 2.64. The first kappa shape index (κ1) is 13.5. The van der Waals surface area contributed by atoms with E-state index in [0.717, 1.165) is 32.0 Å². The molecule has 1 N–H and O–H groups in total. The van der Waals surface area contributed by atoms with Gasteiger partial charge in [0, 0.05) is 19.1 Å². The highest BCUT2D eigenvalue weighted by molar-refractivity contribution is 4.89. The molecule has 1 saturated heterocycles. The van der Waals surface area contributed by atoms with E-state index in [0.29, 0.717) is 6.04 Å². The number of nitrogens with one attached hydrogen (secondary N) is 1. The first-order valence-corrected chi connectivity index (χ1v) is 7.16. The predicted molar refractivity (Wildman–Crippen MR) is 72.3 cm³/mol. The number of aryl methyl sites for hydroxylation is 1. The molecule has 1 unspecified atom stereocenters. The van der Waals surface area contributed by atoms with Crippen LogP contribution in [0.15, 0.2) is 6.33 Å². The first-order chi connectivity index (χ1) is 8.85. The van der Waals surface area contributed by atoms with Crippen LogP contribution in [0.25, 0.3) is 0 Å². The van der Waals surface area contributed by atoms with E-state index in [4.69, 9.17) is 0 Å². The zero-order valence-corrected chi connectivity index (χ0v) is 11.6. The van der Waals surface area contributed by atoms with E-state index < -0.39 is 0 Å². The summed E-state index contributed by atoms with van der Waals surface area (Å²) in [6.45, 7) is 9.58. The van der Waals surface area contributed by atoms with Crippen molar-refractivity contribution in [2.45, 2.75) is 52.2 Å². The Morgan fingerprint density at radius 3 is 3.11 bits per heavy atom. The lowest BCUT2D eigenvalue weighted by atomic mass is 10.2. The minimum Gasteiger partial charge on any atom is -0.315 e. The molecule has 1 fully saturated rings. The molecule has 1 aliphatic rings. The van der Waals surface area contributed by atoms with Crippen molar-refractivity contribution >= 4 is 0 Å². The van der Waals surface area contributed by atoms with Crippen LogP contribution < -0.4 is 5.32 Å². The molecule has 0 aromatic carbocycles. The van der Waals surface area contributed by atoms with Gasteiger partial charge >= 0.3 is 0 Å². The van der Waals surface area contributed by atoms with E-state index in [2.05, 4.69) is 34.1 Å². The van der Waals surface area contributed by atoms with Gasteiger partial charge in [0.2, 0.25) is 0 Å². The largest absolute Gasteiger partial charge is 0.315 e. The Kier molecular flexibility index (Phi) is 5.13. The molecule has 102 valence electrons. The summed E-state index contributed by atoms with van der Waals surface area (Å²) in [4.78, 5) is 6.91. The molecule has 0 amide bonds. The topological polar surface area (TPSA) is 46.0 Å². The fraction of sp³-hybridized carbons (Fsp3) is 0.846. The highest BCUT2D eigenvalue weighted by Gasteiger charge is 2.25. The molecule has 1 atom stereocenters. The summed E-state index contributed by atoms with van der Waals surface area (Å²) in [7, 11) is 0. The Labute approximate surface area is 110 Å². The molecule has 0 aliphatic carbocycles. The molecule has 1 aromatic rings. The lowest BCUT2D eigenvalue weighted by Gasteiger charge is -2.24. The van der Waals surface area contributed by atoms with Crippen LogP contribution in [0.4, 0.5) is 0 Å². The molecule has 5 nitrogen and oxygen atoms in total. The van der Waals surface area contributed by atoms with E-state index in [1.807, 2.05) is 4.68 Å². The summed E-state index contributed by atoms with van der Waals surface area (Å²) in [5.41, 5.74) is 0. The van der Waals surface area contributed by atoms with Gasteiger partial charge in [-0.2, -0.15) is 5.10 Å². The number of hydrogen-bond donors (Lipinski definition) is 1. The minimum absolute atomic E-state index is 0.665. The van der Waals surface area contributed by atoms with Gasteiger partial charge in [-0.05, 0) is 39.3 Å². The van der Waals surface area contributed by atoms with Crippen molar-refractivity contribution < 1.29 is 0 Å². The Balaban J connectivity index is 1.87. The third-order valence-corrected chi connectivity index (χ3v) is 3.65.